The second kappa shape index (κ2) is 6.88. The molecule has 6 heteroatoms. The third-order valence-electron chi connectivity index (χ3n) is 2.96. The van der Waals surface area contributed by atoms with E-state index in [-0.39, 0.29) is 5.92 Å². The van der Waals surface area contributed by atoms with Gasteiger partial charge in [-0.1, -0.05) is 31.5 Å². The molecule has 0 fully saturated rings. The van der Waals surface area contributed by atoms with E-state index in [0.717, 1.165) is 11.1 Å². The van der Waals surface area contributed by atoms with Crippen molar-refractivity contribution in [3.8, 4) is 0 Å². The number of nitrogens with one attached hydrogen (secondary N) is 1. The van der Waals surface area contributed by atoms with Crippen molar-refractivity contribution in [1.82, 2.24) is 5.32 Å². The second-order valence-corrected chi connectivity index (χ2v) is 5.24. The van der Waals surface area contributed by atoms with Crippen LogP contribution in [0, 0.1) is 19.8 Å². The third kappa shape index (κ3) is 4.59. The first kappa shape index (κ1) is 16.7. The van der Waals surface area contributed by atoms with E-state index in [1.165, 1.54) is 0 Å². The van der Waals surface area contributed by atoms with Gasteiger partial charge in [0.25, 0.3) is 5.91 Å². The highest BCUT2D eigenvalue weighted by Crippen LogP contribution is 2.15. The van der Waals surface area contributed by atoms with Crippen LogP contribution in [0.1, 0.15) is 35.3 Å². The van der Waals surface area contributed by atoms with Crippen molar-refractivity contribution in [3.63, 3.8) is 0 Å². The van der Waals surface area contributed by atoms with Crippen molar-refractivity contribution in [1.29, 1.82) is 0 Å². The molecule has 0 saturated carbocycles. The van der Waals surface area contributed by atoms with Gasteiger partial charge in [-0.15, -0.1) is 0 Å². The molecule has 0 aliphatic rings. The Morgan fingerprint density at radius 2 is 1.81 bits per heavy atom. The Hall–Kier alpha value is -2.37. The SMILES string of the molecule is Cc1ccc(C)c(C(=O)O[C@H](C(=O)NC(N)=O)C(C)C)c1. The van der Waals surface area contributed by atoms with E-state index in [1.54, 1.807) is 32.9 Å². The molecule has 6 nitrogen and oxygen atoms in total. The summed E-state index contributed by atoms with van der Waals surface area (Å²) < 4.78 is 5.24. The summed E-state index contributed by atoms with van der Waals surface area (Å²) in [5.74, 6) is -1.62. The van der Waals surface area contributed by atoms with Gasteiger partial charge >= 0.3 is 12.0 Å². The predicted octanol–water partition coefficient (Wildman–Crippen LogP) is 1.68. The fourth-order valence-corrected chi connectivity index (χ4v) is 1.82. The van der Waals surface area contributed by atoms with Crippen LogP contribution in [-0.2, 0) is 9.53 Å². The maximum absolute atomic E-state index is 12.2. The topological polar surface area (TPSA) is 98.5 Å². The van der Waals surface area contributed by atoms with Crippen LogP contribution >= 0.6 is 0 Å². The van der Waals surface area contributed by atoms with E-state index in [0.29, 0.717) is 5.56 Å². The zero-order valence-electron chi connectivity index (χ0n) is 12.6. The molecule has 0 radical (unpaired) electrons. The molecule has 1 aromatic rings. The van der Waals surface area contributed by atoms with Crippen LogP contribution in [-0.4, -0.2) is 24.0 Å². The van der Waals surface area contributed by atoms with Gasteiger partial charge in [0.2, 0.25) is 0 Å². The highest BCUT2D eigenvalue weighted by Gasteiger charge is 2.28. The van der Waals surface area contributed by atoms with Crippen molar-refractivity contribution in [3.05, 3.63) is 34.9 Å². The second-order valence-electron chi connectivity index (χ2n) is 5.24. The van der Waals surface area contributed by atoms with Crippen LogP contribution in [0.4, 0.5) is 4.79 Å². The lowest BCUT2D eigenvalue weighted by Crippen LogP contribution is -2.45. The average molecular weight is 292 g/mol. The number of amides is 3. The summed E-state index contributed by atoms with van der Waals surface area (Å²) in [6.07, 6.45) is -1.08. The van der Waals surface area contributed by atoms with Crippen LogP contribution in [0.2, 0.25) is 0 Å². The molecule has 0 unspecified atom stereocenters. The Morgan fingerprint density at radius 3 is 2.33 bits per heavy atom. The molecular weight excluding hydrogens is 272 g/mol. The molecule has 21 heavy (non-hydrogen) atoms. The minimum atomic E-state index is -1.08. The number of imide groups is 1. The zero-order valence-corrected chi connectivity index (χ0v) is 12.6. The van der Waals surface area contributed by atoms with Gasteiger partial charge in [0, 0.05) is 0 Å². The number of nitrogens with two attached hydrogens (primary N) is 1. The standard InChI is InChI=1S/C15H20N2O4/c1-8(2)12(13(18)17-15(16)20)21-14(19)11-7-9(3)5-6-10(11)4/h5-8,12H,1-4H3,(H3,16,17,18,20)/t12-/m0/s1. The van der Waals surface area contributed by atoms with Crippen LogP contribution in [0.25, 0.3) is 0 Å². The molecule has 0 aromatic heterocycles. The quantitative estimate of drug-likeness (QED) is 0.825. The number of esters is 1. The van der Waals surface area contributed by atoms with Crippen LogP contribution < -0.4 is 11.1 Å². The fraction of sp³-hybridized carbons (Fsp3) is 0.400. The molecule has 114 valence electrons. The number of hydrogen-bond acceptors (Lipinski definition) is 4. The van der Waals surface area contributed by atoms with E-state index < -0.39 is 24.0 Å². The summed E-state index contributed by atoms with van der Waals surface area (Å²) in [6, 6.07) is 4.40. The smallest absolute Gasteiger partial charge is 0.339 e. The fourth-order valence-electron chi connectivity index (χ4n) is 1.82. The monoisotopic (exact) mass is 292 g/mol. The maximum Gasteiger partial charge on any atom is 0.339 e. The van der Waals surface area contributed by atoms with Crippen LogP contribution in [0.3, 0.4) is 0 Å². The Morgan fingerprint density at radius 1 is 1.19 bits per heavy atom. The Kier molecular flexibility index (Phi) is 5.46. The van der Waals surface area contributed by atoms with Gasteiger partial charge in [0.15, 0.2) is 6.10 Å². The first-order chi connectivity index (χ1) is 9.72. The summed E-state index contributed by atoms with van der Waals surface area (Å²) in [7, 11) is 0. The van der Waals surface area contributed by atoms with Crippen molar-refractivity contribution in [2.24, 2.45) is 11.7 Å². The highest BCUT2D eigenvalue weighted by molar-refractivity contribution is 5.98. The number of primary amides is 1. The molecule has 0 aliphatic carbocycles. The van der Waals surface area contributed by atoms with E-state index in [4.69, 9.17) is 10.5 Å². The van der Waals surface area contributed by atoms with Crippen molar-refractivity contribution in [2.45, 2.75) is 33.8 Å². The largest absolute Gasteiger partial charge is 0.448 e. The molecule has 3 N–H and O–H groups in total. The Labute approximate surface area is 123 Å². The molecule has 1 aromatic carbocycles. The third-order valence-corrected chi connectivity index (χ3v) is 2.96. The van der Waals surface area contributed by atoms with Crippen LogP contribution in [0.15, 0.2) is 18.2 Å². The number of carbonyl (C=O) groups is 3. The van der Waals surface area contributed by atoms with Gasteiger partial charge < -0.3 is 10.5 Å². The minimum Gasteiger partial charge on any atom is -0.448 e. The first-order valence-corrected chi connectivity index (χ1v) is 6.61. The molecule has 0 saturated heterocycles. The summed E-state index contributed by atoms with van der Waals surface area (Å²) in [6.45, 7) is 7.06. The normalized spacial score (nSPS) is 11.9. The lowest BCUT2D eigenvalue weighted by atomic mass is 10.0. The number of hydrogen-bond donors (Lipinski definition) is 2. The number of aryl methyl sites for hydroxylation is 2. The van der Waals surface area contributed by atoms with E-state index in [1.807, 2.05) is 18.3 Å². The molecule has 3 amide bonds. The molecule has 1 atom stereocenters. The number of carbonyl (C=O) groups excluding carboxylic acids is 3. The van der Waals surface area contributed by atoms with Gasteiger partial charge in [-0.2, -0.15) is 0 Å². The molecule has 0 heterocycles. The summed E-state index contributed by atoms with van der Waals surface area (Å²) in [4.78, 5) is 34.8. The van der Waals surface area contributed by atoms with Crippen molar-refractivity contribution in [2.75, 3.05) is 0 Å². The summed E-state index contributed by atoms with van der Waals surface area (Å²) in [5, 5.41) is 1.93. The minimum absolute atomic E-state index is 0.293. The maximum atomic E-state index is 12.2. The number of benzene rings is 1. The molecule has 0 aliphatic heterocycles. The number of ether oxygens (including phenoxy) is 1. The molecule has 1 rings (SSSR count). The lowest BCUT2D eigenvalue weighted by molar-refractivity contribution is -0.130. The highest BCUT2D eigenvalue weighted by atomic mass is 16.5. The molecule has 0 spiro atoms. The van der Waals surface area contributed by atoms with Gasteiger partial charge in [0.1, 0.15) is 0 Å². The Balaban J connectivity index is 2.93. The lowest BCUT2D eigenvalue weighted by Gasteiger charge is -2.20. The first-order valence-electron chi connectivity index (χ1n) is 6.61. The van der Waals surface area contributed by atoms with Gasteiger partial charge in [-0.05, 0) is 31.4 Å². The summed E-state index contributed by atoms with van der Waals surface area (Å²) >= 11 is 0. The summed E-state index contributed by atoms with van der Waals surface area (Å²) in [5.41, 5.74) is 6.97. The van der Waals surface area contributed by atoms with E-state index in [2.05, 4.69) is 0 Å². The van der Waals surface area contributed by atoms with Crippen molar-refractivity contribution < 1.29 is 19.1 Å². The van der Waals surface area contributed by atoms with E-state index in [9.17, 15) is 14.4 Å². The Bertz CT molecular complexity index is 567. The van der Waals surface area contributed by atoms with Gasteiger partial charge in [-0.3, -0.25) is 10.1 Å². The van der Waals surface area contributed by atoms with Crippen molar-refractivity contribution >= 4 is 17.9 Å². The molecule has 0 bridgehead atoms. The van der Waals surface area contributed by atoms with E-state index >= 15 is 0 Å². The number of urea groups is 1. The number of rotatable bonds is 4. The average Bonchev–Trinajstić information content (AvgIpc) is 2.37. The van der Waals surface area contributed by atoms with Gasteiger partial charge in [-0.25, -0.2) is 9.59 Å². The predicted molar refractivity (Wildman–Crippen MR) is 77.7 cm³/mol. The van der Waals surface area contributed by atoms with Crippen LogP contribution in [0.5, 0.6) is 0 Å². The zero-order chi connectivity index (χ0) is 16.2. The van der Waals surface area contributed by atoms with Gasteiger partial charge in [0.05, 0.1) is 5.56 Å². The molecular formula is C15H20N2O4.